The van der Waals surface area contributed by atoms with Gasteiger partial charge in [0.2, 0.25) is 0 Å². The van der Waals surface area contributed by atoms with E-state index in [2.05, 4.69) is 36.3 Å². The lowest BCUT2D eigenvalue weighted by molar-refractivity contribution is 0.435. The first-order valence-corrected chi connectivity index (χ1v) is 5.52. The van der Waals surface area contributed by atoms with E-state index in [-0.39, 0.29) is 0 Å². The van der Waals surface area contributed by atoms with Crippen molar-refractivity contribution in [3.63, 3.8) is 0 Å². The van der Waals surface area contributed by atoms with E-state index >= 15 is 0 Å². The maximum absolute atomic E-state index is 4.56. The van der Waals surface area contributed by atoms with Crippen molar-refractivity contribution >= 4 is 5.71 Å². The second kappa shape index (κ2) is 4.05. The molecule has 0 spiro atoms. The largest absolute Gasteiger partial charge is 0.303 e. The minimum Gasteiger partial charge on any atom is -0.303 e. The van der Waals surface area contributed by atoms with Crippen molar-refractivity contribution in [2.45, 2.75) is 25.7 Å². The molecular formula is C13H18N2. The molecule has 0 fully saturated rings. The van der Waals surface area contributed by atoms with Gasteiger partial charge >= 0.3 is 0 Å². The molecule has 0 bridgehead atoms. The van der Waals surface area contributed by atoms with Crippen LogP contribution in [0.3, 0.4) is 0 Å². The molecule has 0 saturated heterocycles. The van der Waals surface area contributed by atoms with Crippen LogP contribution in [0.4, 0.5) is 0 Å². The molecule has 0 aromatic heterocycles. The Hall–Kier alpha value is -1.31. The number of hydrogen-bond donors (Lipinski definition) is 0. The van der Waals surface area contributed by atoms with Crippen molar-refractivity contribution < 1.29 is 0 Å². The molecule has 80 valence electrons. The zero-order valence-electron chi connectivity index (χ0n) is 9.70. The maximum atomic E-state index is 4.56. The molecule has 2 rings (SSSR count). The van der Waals surface area contributed by atoms with Gasteiger partial charge in [-0.3, -0.25) is 0 Å². The van der Waals surface area contributed by atoms with Gasteiger partial charge in [-0.2, -0.15) is 5.10 Å². The van der Waals surface area contributed by atoms with E-state index in [4.69, 9.17) is 0 Å². The van der Waals surface area contributed by atoms with Crippen LogP contribution in [0, 0.1) is 0 Å². The number of nitrogens with zero attached hydrogens (tertiary/aromatic N) is 2. The van der Waals surface area contributed by atoms with Crippen LogP contribution in [0.1, 0.15) is 36.8 Å². The Kier molecular flexibility index (Phi) is 2.76. The number of hydrazone groups is 1. The van der Waals surface area contributed by atoms with Gasteiger partial charge in [0.15, 0.2) is 0 Å². The first-order valence-electron chi connectivity index (χ1n) is 5.52. The highest BCUT2D eigenvalue weighted by atomic mass is 15.4. The SMILES string of the molecule is CC1CCC(=NN(C)C)c2ccccc21. The van der Waals surface area contributed by atoms with Gasteiger partial charge in [-0.15, -0.1) is 0 Å². The van der Waals surface area contributed by atoms with Gasteiger partial charge in [-0.25, -0.2) is 0 Å². The molecule has 15 heavy (non-hydrogen) atoms. The maximum Gasteiger partial charge on any atom is 0.0680 e. The molecule has 1 atom stereocenters. The van der Waals surface area contributed by atoms with Crippen molar-refractivity contribution in [2.24, 2.45) is 5.10 Å². The summed E-state index contributed by atoms with van der Waals surface area (Å²) >= 11 is 0. The van der Waals surface area contributed by atoms with E-state index in [0.717, 1.165) is 6.42 Å². The van der Waals surface area contributed by atoms with Crippen LogP contribution < -0.4 is 0 Å². The molecule has 0 saturated carbocycles. The summed E-state index contributed by atoms with van der Waals surface area (Å²) in [5.41, 5.74) is 4.02. The summed E-state index contributed by atoms with van der Waals surface area (Å²) in [6.07, 6.45) is 2.31. The molecule has 0 aliphatic heterocycles. The lowest BCUT2D eigenvalue weighted by Gasteiger charge is -2.24. The molecule has 1 aliphatic carbocycles. The standard InChI is InChI=1S/C13H18N2/c1-10-8-9-13(14-15(2)3)12-7-5-4-6-11(10)12/h4-7,10H,8-9H2,1-3H3. The fourth-order valence-electron chi connectivity index (χ4n) is 2.18. The highest BCUT2D eigenvalue weighted by Gasteiger charge is 2.20. The normalized spacial score (nSPS) is 22.6. The zero-order valence-corrected chi connectivity index (χ0v) is 9.70. The topological polar surface area (TPSA) is 15.6 Å². The summed E-state index contributed by atoms with van der Waals surface area (Å²) in [6, 6.07) is 8.63. The van der Waals surface area contributed by atoms with Crippen molar-refractivity contribution in [3.8, 4) is 0 Å². The minimum absolute atomic E-state index is 0.669. The number of fused-ring (bicyclic) bond motifs is 1. The Morgan fingerprint density at radius 2 is 2.00 bits per heavy atom. The smallest absolute Gasteiger partial charge is 0.0680 e. The summed E-state index contributed by atoms with van der Waals surface area (Å²) in [4.78, 5) is 0. The van der Waals surface area contributed by atoms with Crippen LogP contribution in [0.5, 0.6) is 0 Å². The fourth-order valence-corrected chi connectivity index (χ4v) is 2.18. The number of rotatable bonds is 1. The van der Waals surface area contributed by atoms with Crippen LogP contribution in [-0.2, 0) is 0 Å². The lowest BCUT2D eigenvalue weighted by Crippen LogP contribution is -2.18. The Morgan fingerprint density at radius 3 is 2.73 bits per heavy atom. The van der Waals surface area contributed by atoms with Gasteiger partial charge < -0.3 is 5.01 Å². The molecule has 0 radical (unpaired) electrons. The molecule has 1 aromatic carbocycles. The minimum atomic E-state index is 0.669. The van der Waals surface area contributed by atoms with Crippen LogP contribution in [0.25, 0.3) is 0 Å². The summed E-state index contributed by atoms with van der Waals surface area (Å²) < 4.78 is 0. The van der Waals surface area contributed by atoms with Crippen LogP contribution in [-0.4, -0.2) is 24.8 Å². The highest BCUT2D eigenvalue weighted by Crippen LogP contribution is 2.31. The third kappa shape index (κ3) is 2.04. The van der Waals surface area contributed by atoms with Gasteiger partial charge in [0.05, 0.1) is 5.71 Å². The second-order valence-electron chi connectivity index (χ2n) is 4.42. The number of benzene rings is 1. The monoisotopic (exact) mass is 202 g/mol. The van der Waals surface area contributed by atoms with Crippen LogP contribution in [0.15, 0.2) is 29.4 Å². The van der Waals surface area contributed by atoms with Gasteiger partial charge in [-0.1, -0.05) is 31.2 Å². The van der Waals surface area contributed by atoms with E-state index in [9.17, 15) is 0 Å². The van der Waals surface area contributed by atoms with E-state index in [1.54, 1.807) is 0 Å². The second-order valence-corrected chi connectivity index (χ2v) is 4.42. The zero-order chi connectivity index (χ0) is 10.8. The van der Waals surface area contributed by atoms with Crippen LogP contribution >= 0.6 is 0 Å². The first-order chi connectivity index (χ1) is 7.18. The predicted octanol–water partition coefficient (Wildman–Crippen LogP) is 2.85. The molecule has 2 nitrogen and oxygen atoms in total. The van der Waals surface area contributed by atoms with Crippen molar-refractivity contribution in [1.29, 1.82) is 0 Å². The van der Waals surface area contributed by atoms with E-state index < -0.39 is 0 Å². The molecule has 2 heteroatoms. The average molecular weight is 202 g/mol. The van der Waals surface area contributed by atoms with Crippen molar-refractivity contribution in [1.82, 2.24) is 5.01 Å². The Morgan fingerprint density at radius 1 is 1.27 bits per heavy atom. The summed E-state index contributed by atoms with van der Waals surface area (Å²) in [7, 11) is 3.96. The third-order valence-corrected chi connectivity index (χ3v) is 2.94. The molecule has 1 unspecified atom stereocenters. The van der Waals surface area contributed by atoms with E-state index in [0.29, 0.717) is 5.92 Å². The molecular weight excluding hydrogens is 184 g/mol. The van der Waals surface area contributed by atoms with Crippen LogP contribution in [0.2, 0.25) is 0 Å². The summed E-state index contributed by atoms with van der Waals surface area (Å²) in [5.74, 6) is 0.669. The van der Waals surface area contributed by atoms with E-state index in [1.165, 1.54) is 23.3 Å². The van der Waals surface area contributed by atoms with Crippen molar-refractivity contribution in [2.75, 3.05) is 14.1 Å². The summed E-state index contributed by atoms with van der Waals surface area (Å²) in [6.45, 7) is 2.30. The molecule has 0 amide bonds. The molecule has 1 aliphatic rings. The van der Waals surface area contributed by atoms with Gasteiger partial charge in [-0.05, 0) is 24.3 Å². The highest BCUT2D eigenvalue weighted by molar-refractivity contribution is 6.02. The summed E-state index contributed by atoms with van der Waals surface area (Å²) in [5, 5.41) is 6.45. The quantitative estimate of drug-likeness (QED) is 0.639. The number of hydrogen-bond acceptors (Lipinski definition) is 2. The van der Waals surface area contributed by atoms with Gasteiger partial charge in [0, 0.05) is 19.7 Å². The molecule has 1 aromatic rings. The fraction of sp³-hybridized carbons (Fsp3) is 0.462. The van der Waals surface area contributed by atoms with E-state index in [1.807, 2.05) is 19.1 Å². The third-order valence-electron chi connectivity index (χ3n) is 2.94. The lowest BCUT2D eigenvalue weighted by atomic mass is 9.83. The Balaban J connectivity index is 2.45. The van der Waals surface area contributed by atoms with Crippen molar-refractivity contribution in [3.05, 3.63) is 35.4 Å². The molecule has 0 heterocycles. The Bertz CT molecular complexity index is 380. The average Bonchev–Trinajstić information content (AvgIpc) is 2.22. The first kappa shape index (κ1) is 10.2. The Labute approximate surface area is 91.6 Å². The predicted molar refractivity (Wildman–Crippen MR) is 64.3 cm³/mol. The van der Waals surface area contributed by atoms with Gasteiger partial charge in [0.1, 0.15) is 0 Å². The molecule has 0 N–H and O–H groups in total. The van der Waals surface area contributed by atoms with Gasteiger partial charge in [0.25, 0.3) is 0 Å².